The van der Waals surface area contributed by atoms with E-state index in [-0.39, 0.29) is 23.4 Å². The lowest BCUT2D eigenvalue weighted by Crippen LogP contribution is -2.32. The second-order valence-corrected chi connectivity index (χ2v) is 7.51. The molecular weight excluding hydrogens is 412 g/mol. The smallest absolute Gasteiger partial charge is 0.451 e. The summed E-state index contributed by atoms with van der Waals surface area (Å²) in [5, 5.41) is 16.0. The molecule has 1 heterocycles. The van der Waals surface area contributed by atoms with Crippen LogP contribution in [0.2, 0.25) is 0 Å². The van der Waals surface area contributed by atoms with Crippen LogP contribution in [0.4, 0.5) is 23.4 Å². The summed E-state index contributed by atoms with van der Waals surface area (Å²) in [6.07, 6.45) is -2.00. The van der Waals surface area contributed by atoms with Gasteiger partial charge in [-0.2, -0.15) is 13.2 Å². The minimum atomic E-state index is -4.66. The first-order chi connectivity index (χ1) is 14.8. The average Bonchev–Trinajstić information content (AvgIpc) is 2.74. The van der Waals surface area contributed by atoms with E-state index in [0.29, 0.717) is 23.8 Å². The van der Waals surface area contributed by atoms with Gasteiger partial charge in [0.05, 0.1) is 11.6 Å². The highest BCUT2D eigenvalue weighted by Gasteiger charge is 2.36. The van der Waals surface area contributed by atoms with Gasteiger partial charge in [-0.15, -0.1) is 0 Å². The van der Waals surface area contributed by atoms with Gasteiger partial charge in [0, 0.05) is 11.4 Å². The van der Waals surface area contributed by atoms with Crippen molar-refractivity contribution in [3.05, 3.63) is 65.7 Å². The van der Waals surface area contributed by atoms with Crippen LogP contribution in [0.15, 0.2) is 53.5 Å². The molecule has 1 fully saturated rings. The van der Waals surface area contributed by atoms with Gasteiger partial charge in [-0.3, -0.25) is 4.99 Å². The topological polar surface area (TPSA) is 73.2 Å². The molecule has 0 aliphatic heterocycles. The number of nitrogens with zero attached hydrogens (tertiary/aromatic N) is 3. The Morgan fingerprint density at radius 3 is 2.52 bits per heavy atom. The summed E-state index contributed by atoms with van der Waals surface area (Å²) in [6.45, 7) is 0. The lowest BCUT2D eigenvalue weighted by molar-refractivity contribution is -0.213. The molecule has 1 unspecified atom stereocenters. The maximum atomic E-state index is 13.2. The number of hydrogen-bond acceptors (Lipinski definition) is 5. The largest absolute Gasteiger partial charge is 0.858 e. The van der Waals surface area contributed by atoms with Gasteiger partial charge >= 0.3 is 6.18 Å². The van der Waals surface area contributed by atoms with E-state index in [0.717, 1.165) is 12.8 Å². The van der Waals surface area contributed by atoms with Crippen LogP contribution in [-0.2, 0) is 6.18 Å². The third-order valence-electron chi connectivity index (χ3n) is 5.24. The second kappa shape index (κ2) is 8.49. The van der Waals surface area contributed by atoms with E-state index in [2.05, 4.69) is 20.3 Å². The minimum absolute atomic E-state index is 0.119. The van der Waals surface area contributed by atoms with E-state index in [9.17, 15) is 22.7 Å². The zero-order valence-electron chi connectivity index (χ0n) is 16.4. The summed E-state index contributed by atoms with van der Waals surface area (Å²) in [5.41, 5.74) is 0.504. The molecule has 1 aliphatic rings. The van der Waals surface area contributed by atoms with Crippen LogP contribution >= 0.6 is 0 Å². The molecule has 2 aromatic carbocycles. The molecule has 0 spiro atoms. The number of aliphatic imine (C=N–C) groups is 1. The Bertz CT molecular complexity index is 1100. The first-order valence-corrected chi connectivity index (χ1v) is 9.91. The van der Waals surface area contributed by atoms with Crippen LogP contribution in [0.25, 0.3) is 10.9 Å². The van der Waals surface area contributed by atoms with Gasteiger partial charge in [0.1, 0.15) is 11.6 Å². The third-order valence-corrected chi connectivity index (χ3v) is 5.24. The molecule has 0 radical (unpaired) electrons. The van der Waals surface area contributed by atoms with Crippen molar-refractivity contribution in [1.29, 1.82) is 0 Å². The Labute approximate surface area is 175 Å². The van der Waals surface area contributed by atoms with E-state index in [4.69, 9.17) is 0 Å². The monoisotopic (exact) mass is 431 g/mol. The molecule has 1 aliphatic carbocycles. The van der Waals surface area contributed by atoms with Crippen molar-refractivity contribution < 1.29 is 22.7 Å². The molecule has 1 aromatic heterocycles. The molecule has 31 heavy (non-hydrogen) atoms. The van der Waals surface area contributed by atoms with Crippen LogP contribution in [0.3, 0.4) is 0 Å². The highest BCUT2D eigenvalue weighted by atomic mass is 19.4. The quantitative estimate of drug-likeness (QED) is 0.379. The van der Waals surface area contributed by atoms with Gasteiger partial charge in [0.2, 0.25) is 5.82 Å². The van der Waals surface area contributed by atoms with Gasteiger partial charge in [-0.05, 0) is 61.4 Å². The normalized spacial score (nSPS) is 20.1. The third kappa shape index (κ3) is 4.92. The van der Waals surface area contributed by atoms with Crippen molar-refractivity contribution >= 4 is 22.6 Å². The number of halogens is 4. The number of alkyl halides is 3. The molecule has 0 bridgehead atoms. The van der Waals surface area contributed by atoms with Crippen LogP contribution in [0, 0.1) is 5.82 Å². The lowest BCUT2D eigenvalue weighted by atomic mass is 9.91. The SMILES string of the molecule is [O-]C(=NC1CCC[C@H](Nc2nc(C(F)(F)F)nc3ccccc23)C1)c1ccc(F)cc1. The summed E-state index contributed by atoms with van der Waals surface area (Å²) in [4.78, 5) is 11.6. The number of fused-ring (bicyclic) bond motifs is 1. The molecule has 5 nitrogen and oxygen atoms in total. The number of para-hydroxylation sites is 1. The highest BCUT2D eigenvalue weighted by Crippen LogP contribution is 2.32. The summed E-state index contributed by atoms with van der Waals surface area (Å²) < 4.78 is 52.8. The van der Waals surface area contributed by atoms with Crippen molar-refractivity contribution in [2.75, 3.05) is 5.32 Å². The van der Waals surface area contributed by atoms with Crippen molar-refractivity contribution in [2.24, 2.45) is 4.99 Å². The van der Waals surface area contributed by atoms with E-state index < -0.39 is 23.7 Å². The van der Waals surface area contributed by atoms with Crippen LogP contribution in [0.1, 0.15) is 37.1 Å². The fourth-order valence-corrected chi connectivity index (χ4v) is 3.75. The molecule has 3 aromatic rings. The Morgan fingerprint density at radius 1 is 1.03 bits per heavy atom. The lowest BCUT2D eigenvalue weighted by Gasteiger charge is -2.29. The summed E-state index contributed by atoms with van der Waals surface area (Å²) in [6, 6.07) is 11.2. The van der Waals surface area contributed by atoms with Crippen LogP contribution < -0.4 is 10.4 Å². The molecule has 0 amide bonds. The van der Waals surface area contributed by atoms with E-state index >= 15 is 0 Å². The Hall–Kier alpha value is -3.23. The summed E-state index contributed by atoms with van der Waals surface area (Å²) in [5.74, 6) is -1.95. The molecule has 0 saturated heterocycles. The first kappa shape index (κ1) is 21.0. The highest BCUT2D eigenvalue weighted by molar-refractivity contribution is 5.91. The van der Waals surface area contributed by atoms with E-state index in [1.807, 2.05) is 0 Å². The standard InChI is InChI=1S/C22H20F4N4O/c23-14-10-8-13(9-11-14)20(31)28-16-5-3-4-15(12-16)27-19-17-6-1-2-7-18(17)29-21(30-19)22(24,25)26/h1-2,6-11,15-16H,3-5,12H2,(H,28,31)(H,27,29,30)/p-1/t15-,16?/m0/s1. The number of hydrogen-bond donors (Lipinski definition) is 1. The van der Waals surface area contributed by atoms with Gasteiger partial charge in [-0.1, -0.05) is 24.3 Å². The summed E-state index contributed by atoms with van der Waals surface area (Å²) in [7, 11) is 0. The average molecular weight is 431 g/mol. The Kier molecular flexibility index (Phi) is 5.75. The second-order valence-electron chi connectivity index (χ2n) is 7.51. The number of rotatable bonds is 4. The number of aromatic nitrogens is 2. The number of anilines is 1. The Balaban J connectivity index is 1.55. The maximum absolute atomic E-state index is 13.2. The molecule has 1 N–H and O–H groups in total. The molecule has 162 valence electrons. The fraction of sp³-hybridized carbons (Fsp3) is 0.318. The maximum Gasteiger partial charge on any atom is 0.451 e. The van der Waals surface area contributed by atoms with Crippen molar-refractivity contribution in [1.82, 2.24) is 9.97 Å². The zero-order chi connectivity index (χ0) is 22.0. The molecule has 9 heteroatoms. The predicted molar refractivity (Wildman–Crippen MR) is 107 cm³/mol. The zero-order valence-corrected chi connectivity index (χ0v) is 16.4. The van der Waals surface area contributed by atoms with Crippen LogP contribution in [0.5, 0.6) is 0 Å². The molecular formula is C22H19F4N4O-. The Morgan fingerprint density at radius 2 is 1.77 bits per heavy atom. The van der Waals surface area contributed by atoms with Gasteiger partial charge in [0.25, 0.3) is 0 Å². The number of benzene rings is 2. The van der Waals surface area contributed by atoms with Crippen molar-refractivity contribution in [3.8, 4) is 0 Å². The van der Waals surface area contributed by atoms with Crippen LogP contribution in [-0.4, -0.2) is 27.9 Å². The fourth-order valence-electron chi connectivity index (χ4n) is 3.75. The van der Waals surface area contributed by atoms with Gasteiger partial charge in [0.15, 0.2) is 0 Å². The molecule has 4 rings (SSSR count). The molecule has 2 atom stereocenters. The predicted octanol–water partition coefficient (Wildman–Crippen LogP) is 4.32. The minimum Gasteiger partial charge on any atom is -0.858 e. The molecule has 1 saturated carbocycles. The first-order valence-electron chi connectivity index (χ1n) is 9.91. The van der Waals surface area contributed by atoms with Crippen molar-refractivity contribution in [2.45, 2.75) is 43.9 Å². The van der Waals surface area contributed by atoms with E-state index in [1.165, 1.54) is 30.3 Å². The number of nitrogens with one attached hydrogen (secondary N) is 1. The van der Waals surface area contributed by atoms with Gasteiger partial charge < -0.3 is 10.4 Å². The van der Waals surface area contributed by atoms with Crippen molar-refractivity contribution in [3.63, 3.8) is 0 Å². The van der Waals surface area contributed by atoms with Gasteiger partial charge in [-0.25, -0.2) is 14.4 Å². The van der Waals surface area contributed by atoms with E-state index in [1.54, 1.807) is 18.2 Å². The summed E-state index contributed by atoms with van der Waals surface area (Å²) >= 11 is 0.